The van der Waals surface area contributed by atoms with Crippen molar-refractivity contribution in [2.75, 3.05) is 19.5 Å². The zero-order valence-corrected chi connectivity index (χ0v) is 11.5. The summed E-state index contributed by atoms with van der Waals surface area (Å²) in [4.78, 5) is 8.32. The van der Waals surface area contributed by atoms with Crippen molar-refractivity contribution in [3.63, 3.8) is 0 Å². The van der Waals surface area contributed by atoms with Crippen LogP contribution in [0.5, 0.6) is 11.5 Å². The predicted molar refractivity (Wildman–Crippen MR) is 74.3 cm³/mol. The molecule has 0 fully saturated rings. The smallest absolute Gasteiger partial charge is 0.228 e. The molecular formula is C14H14N4O2. The third-order valence-electron chi connectivity index (χ3n) is 2.61. The predicted octanol–water partition coefficient (Wildman–Crippen LogP) is 2.42. The lowest BCUT2D eigenvalue weighted by Crippen LogP contribution is -2.01. The molecule has 6 nitrogen and oxygen atoms in total. The first-order chi connectivity index (χ1) is 9.66. The van der Waals surface area contributed by atoms with E-state index in [-0.39, 0.29) is 0 Å². The molecule has 2 rings (SSSR count). The topological polar surface area (TPSA) is 80.1 Å². The fraction of sp³-hybridized carbons (Fsp3) is 0.214. The molecule has 0 bridgehead atoms. The van der Waals surface area contributed by atoms with Gasteiger partial charge in [-0.15, -0.1) is 0 Å². The maximum absolute atomic E-state index is 8.90. The van der Waals surface area contributed by atoms with Crippen LogP contribution in [0.1, 0.15) is 11.4 Å². The first kappa shape index (κ1) is 13.6. The number of hydrogen-bond acceptors (Lipinski definition) is 6. The number of nitrogens with zero attached hydrogens (tertiary/aromatic N) is 3. The van der Waals surface area contributed by atoms with E-state index in [1.807, 2.05) is 19.1 Å². The summed E-state index contributed by atoms with van der Waals surface area (Å²) in [5, 5.41) is 11.9. The van der Waals surface area contributed by atoms with Gasteiger partial charge in [0, 0.05) is 17.4 Å². The van der Waals surface area contributed by atoms with E-state index in [4.69, 9.17) is 14.7 Å². The minimum atomic E-state index is 0.320. The van der Waals surface area contributed by atoms with E-state index >= 15 is 0 Å². The lowest BCUT2D eigenvalue weighted by molar-refractivity contribution is 0.355. The molecular weight excluding hydrogens is 256 g/mol. The van der Waals surface area contributed by atoms with E-state index in [0.717, 1.165) is 11.4 Å². The average Bonchev–Trinajstić information content (AvgIpc) is 2.46. The second-order valence-corrected chi connectivity index (χ2v) is 4.02. The van der Waals surface area contributed by atoms with Crippen molar-refractivity contribution >= 4 is 11.6 Å². The van der Waals surface area contributed by atoms with Crippen molar-refractivity contribution in [1.82, 2.24) is 9.97 Å². The van der Waals surface area contributed by atoms with Crippen molar-refractivity contribution in [1.29, 1.82) is 5.26 Å². The normalized spacial score (nSPS) is 9.70. The SMILES string of the molecule is COc1ccc(Nc2nc(C)cc(C#N)n2)cc1OC. The number of nitriles is 1. The van der Waals surface area contributed by atoms with Crippen LogP contribution >= 0.6 is 0 Å². The molecule has 0 amide bonds. The lowest BCUT2D eigenvalue weighted by Gasteiger charge is -2.10. The lowest BCUT2D eigenvalue weighted by atomic mass is 10.2. The van der Waals surface area contributed by atoms with Crippen LogP contribution in [0.4, 0.5) is 11.6 Å². The van der Waals surface area contributed by atoms with Crippen molar-refractivity contribution in [2.24, 2.45) is 0 Å². The monoisotopic (exact) mass is 270 g/mol. The molecule has 2 aromatic rings. The highest BCUT2D eigenvalue weighted by Gasteiger charge is 2.07. The first-order valence-electron chi connectivity index (χ1n) is 5.91. The standard InChI is InChI=1S/C14H14N4O2/c1-9-6-11(8-15)18-14(16-9)17-10-4-5-12(19-2)13(7-10)20-3/h4-7H,1-3H3,(H,16,17,18). The van der Waals surface area contributed by atoms with Gasteiger partial charge in [-0.3, -0.25) is 0 Å². The number of nitrogens with one attached hydrogen (secondary N) is 1. The van der Waals surface area contributed by atoms with Gasteiger partial charge in [0.15, 0.2) is 11.5 Å². The van der Waals surface area contributed by atoms with Crippen molar-refractivity contribution < 1.29 is 9.47 Å². The number of methoxy groups -OCH3 is 2. The Bertz CT molecular complexity index is 665. The van der Waals surface area contributed by atoms with E-state index < -0.39 is 0 Å². The number of benzene rings is 1. The molecule has 1 aromatic carbocycles. The summed E-state index contributed by atoms with van der Waals surface area (Å²) in [5.41, 5.74) is 1.79. The number of aromatic nitrogens is 2. The zero-order valence-electron chi connectivity index (χ0n) is 11.5. The third kappa shape index (κ3) is 2.95. The zero-order chi connectivity index (χ0) is 14.5. The minimum Gasteiger partial charge on any atom is -0.493 e. The van der Waals surface area contributed by atoms with E-state index in [0.29, 0.717) is 23.1 Å². The molecule has 6 heteroatoms. The molecule has 1 heterocycles. The van der Waals surface area contributed by atoms with Gasteiger partial charge in [0.25, 0.3) is 0 Å². The van der Waals surface area contributed by atoms with Crippen LogP contribution in [-0.2, 0) is 0 Å². The highest BCUT2D eigenvalue weighted by atomic mass is 16.5. The highest BCUT2D eigenvalue weighted by Crippen LogP contribution is 2.30. The van der Waals surface area contributed by atoms with Crippen molar-refractivity contribution in [2.45, 2.75) is 6.92 Å². The van der Waals surface area contributed by atoms with Gasteiger partial charge in [0.1, 0.15) is 11.8 Å². The maximum atomic E-state index is 8.90. The van der Waals surface area contributed by atoms with Crippen molar-refractivity contribution in [3.05, 3.63) is 35.7 Å². The number of anilines is 2. The summed E-state index contributed by atoms with van der Waals surface area (Å²) in [7, 11) is 3.15. The van der Waals surface area contributed by atoms with Crippen LogP contribution < -0.4 is 14.8 Å². The van der Waals surface area contributed by atoms with Crippen LogP contribution in [0.15, 0.2) is 24.3 Å². The largest absolute Gasteiger partial charge is 0.493 e. The fourth-order valence-electron chi connectivity index (χ4n) is 1.72. The van der Waals surface area contributed by atoms with Crippen LogP contribution in [0.3, 0.4) is 0 Å². The molecule has 0 aliphatic heterocycles. The Morgan fingerprint density at radius 1 is 1.10 bits per heavy atom. The van der Waals surface area contributed by atoms with Gasteiger partial charge in [-0.1, -0.05) is 0 Å². The molecule has 0 atom stereocenters. The number of ether oxygens (including phenoxy) is 2. The Labute approximate surface area is 117 Å². The van der Waals surface area contributed by atoms with Crippen LogP contribution in [0, 0.1) is 18.3 Å². The van der Waals surface area contributed by atoms with Crippen LogP contribution in [0.25, 0.3) is 0 Å². The quantitative estimate of drug-likeness (QED) is 0.919. The molecule has 0 saturated carbocycles. The Morgan fingerprint density at radius 3 is 2.50 bits per heavy atom. The van der Waals surface area contributed by atoms with Gasteiger partial charge >= 0.3 is 0 Å². The number of rotatable bonds is 4. The van der Waals surface area contributed by atoms with Gasteiger partial charge in [0.05, 0.1) is 14.2 Å². The molecule has 0 aliphatic carbocycles. The van der Waals surface area contributed by atoms with Crippen LogP contribution in [-0.4, -0.2) is 24.2 Å². The Balaban J connectivity index is 2.30. The summed E-state index contributed by atoms with van der Waals surface area (Å²) in [6.45, 7) is 1.81. The van der Waals surface area contributed by atoms with E-state index in [1.54, 1.807) is 32.4 Å². The van der Waals surface area contributed by atoms with Gasteiger partial charge in [-0.05, 0) is 25.1 Å². The highest BCUT2D eigenvalue weighted by molar-refractivity contribution is 5.60. The van der Waals surface area contributed by atoms with Gasteiger partial charge < -0.3 is 14.8 Å². The van der Waals surface area contributed by atoms with E-state index in [9.17, 15) is 0 Å². The Kier molecular flexibility index (Phi) is 4.01. The molecule has 20 heavy (non-hydrogen) atoms. The first-order valence-corrected chi connectivity index (χ1v) is 5.91. The third-order valence-corrected chi connectivity index (χ3v) is 2.61. The summed E-state index contributed by atoms with van der Waals surface area (Å²) < 4.78 is 10.4. The number of hydrogen-bond donors (Lipinski definition) is 1. The molecule has 0 saturated heterocycles. The van der Waals surface area contributed by atoms with E-state index in [1.165, 1.54) is 0 Å². The summed E-state index contributed by atoms with van der Waals surface area (Å²) >= 11 is 0. The molecule has 0 unspecified atom stereocenters. The molecule has 1 aromatic heterocycles. The van der Waals surface area contributed by atoms with Crippen LogP contribution in [0.2, 0.25) is 0 Å². The van der Waals surface area contributed by atoms with Gasteiger partial charge in [-0.25, -0.2) is 9.97 Å². The second-order valence-electron chi connectivity index (χ2n) is 4.02. The summed E-state index contributed by atoms with van der Waals surface area (Å²) in [5.74, 6) is 1.61. The molecule has 0 spiro atoms. The molecule has 1 N–H and O–H groups in total. The summed E-state index contributed by atoms with van der Waals surface area (Å²) in [6, 6.07) is 9.00. The molecule has 0 radical (unpaired) electrons. The summed E-state index contributed by atoms with van der Waals surface area (Å²) in [6.07, 6.45) is 0. The Morgan fingerprint density at radius 2 is 1.85 bits per heavy atom. The average molecular weight is 270 g/mol. The van der Waals surface area contributed by atoms with Gasteiger partial charge in [0.2, 0.25) is 5.95 Å². The number of aryl methyl sites for hydroxylation is 1. The van der Waals surface area contributed by atoms with Crippen molar-refractivity contribution in [3.8, 4) is 17.6 Å². The molecule has 0 aliphatic rings. The Hall–Kier alpha value is -2.81. The minimum absolute atomic E-state index is 0.320. The fourth-order valence-corrected chi connectivity index (χ4v) is 1.72. The second kappa shape index (κ2) is 5.89. The van der Waals surface area contributed by atoms with Gasteiger partial charge in [-0.2, -0.15) is 5.26 Å². The molecule has 102 valence electrons. The maximum Gasteiger partial charge on any atom is 0.228 e. The van der Waals surface area contributed by atoms with E-state index in [2.05, 4.69) is 15.3 Å².